The highest BCUT2D eigenvalue weighted by molar-refractivity contribution is 7.80. The first-order chi connectivity index (χ1) is 11.0. The van der Waals surface area contributed by atoms with Gasteiger partial charge in [-0.1, -0.05) is 6.07 Å². The van der Waals surface area contributed by atoms with Crippen molar-refractivity contribution < 1.29 is 27.1 Å². The number of benzene rings is 2. The largest absolute Gasteiger partial charge is 0.755 e. The molecule has 23 heavy (non-hydrogen) atoms. The number of carbonyl (C=O) groups excluding carboxylic acids is 1. The summed E-state index contributed by atoms with van der Waals surface area (Å²) in [6, 6.07) is 7.32. The zero-order valence-corrected chi connectivity index (χ0v) is 12.6. The maximum Gasteiger partial charge on any atom is 0.168 e. The Labute approximate surface area is 133 Å². The number of hydrogen-bond donors (Lipinski definition) is 1. The van der Waals surface area contributed by atoms with Crippen molar-refractivity contribution >= 4 is 23.2 Å². The second-order valence-corrected chi connectivity index (χ2v) is 5.22. The number of anilines is 1. The summed E-state index contributed by atoms with van der Waals surface area (Å²) >= 11 is -2.60. The first-order valence-electron chi connectivity index (χ1n) is 6.55. The summed E-state index contributed by atoms with van der Waals surface area (Å²) in [6.07, 6.45) is 1.45. The molecule has 1 N–H and O–H groups in total. The van der Waals surface area contributed by atoms with Gasteiger partial charge in [0.2, 0.25) is 0 Å². The Morgan fingerprint density at radius 2 is 1.96 bits per heavy atom. The minimum atomic E-state index is -2.60. The maximum absolute atomic E-state index is 13.7. The average Bonchev–Trinajstić information content (AvgIpc) is 2.49. The monoisotopic (exact) mass is 340 g/mol. The third kappa shape index (κ3) is 4.83. The quantitative estimate of drug-likeness (QED) is 0.620. The molecule has 0 aliphatic heterocycles. The molecule has 0 bridgehead atoms. The predicted molar refractivity (Wildman–Crippen MR) is 79.8 cm³/mol. The molecule has 0 aliphatic carbocycles. The predicted octanol–water partition coefficient (Wildman–Crippen LogP) is 3.09. The van der Waals surface area contributed by atoms with Crippen molar-refractivity contribution in [2.24, 2.45) is 0 Å². The van der Waals surface area contributed by atoms with E-state index >= 15 is 0 Å². The van der Waals surface area contributed by atoms with Crippen molar-refractivity contribution in [3.05, 3.63) is 53.6 Å². The standard InChI is InChI=1S/C15H13F2NO4S/c16-11-4-6-14(12(17)9-11)22-15-8-10(2-1-7-19)3-5-13(15)18-23(20)21/h3-9,18H,1-2H2,(H,20,21)/p-1. The lowest BCUT2D eigenvalue weighted by Gasteiger charge is -2.16. The zero-order chi connectivity index (χ0) is 16.8. The zero-order valence-electron chi connectivity index (χ0n) is 11.8. The number of rotatable bonds is 7. The number of aryl methyl sites for hydroxylation is 1. The van der Waals surface area contributed by atoms with Crippen LogP contribution in [0.3, 0.4) is 0 Å². The van der Waals surface area contributed by atoms with Crippen molar-refractivity contribution in [3.8, 4) is 11.5 Å². The van der Waals surface area contributed by atoms with Gasteiger partial charge in [0.1, 0.15) is 12.1 Å². The first-order valence-corrected chi connectivity index (χ1v) is 7.62. The fraction of sp³-hybridized carbons (Fsp3) is 0.133. The second-order valence-electron chi connectivity index (χ2n) is 4.55. The lowest BCUT2D eigenvalue weighted by Crippen LogP contribution is -2.04. The summed E-state index contributed by atoms with van der Waals surface area (Å²) in [5, 5.41) is 0. The minimum Gasteiger partial charge on any atom is -0.755 e. The number of aldehydes is 1. The van der Waals surface area contributed by atoms with Crippen LogP contribution < -0.4 is 9.46 Å². The number of carbonyl (C=O) groups is 1. The van der Waals surface area contributed by atoms with Gasteiger partial charge in [-0.3, -0.25) is 4.21 Å². The van der Waals surface area contributed by atoms with Gasteiger partial charge >= 0.3 is 0 Å². The molecule has 0 aliphatic rings. The average molecular weight is 340 g/mol. The van der Waals surface area contributed by atoms with Gasteiger partial charge in [-0.15, -0.1) is 0 Å². The highest BCUT2D eigenvalue weighted by Crippen LogP contribution is 2.32. The van der Waals surface area contributed by atoms with E-state index in [1.54, 1.807) is 6.07 Å². The van der Waals surface area contributed by atoms with Crippen LogP contribution in [0.25, 0.3) is 0 Å². The fourth-order valence-electron chi connectivity index (χ4n) is 1.88. The number of hydrogen-bond acceptors (Lipinski definition) is 4. The van der Waals surface area contributed by atoms with Gasteiger partial charge in [-0.25, -0.2) is 8.78 Å². The van der Waals surface area contributed by atoms with E-state index in [1.807, 2.05) is 0 Å². The van der Waals surface area contributed by atoms with Gasteiger partial charge in [-0.2, -0.15) is 0 Å². The van der Waals surface area contributed by atoms with E-state index in [0.29, 0.717) is 18.1 Å². The number of ether oxygens (including phenoxy) is 1. The molecule has 0 aromatic heterocycles. The van der Waals surface area contributed by atoms with E-state index in [4.69, 9.17) is 4.74 Å². The SMILES string of the molecule is O=CCCc1ccc(NS(=O)[O-])c(Oc2ccc(F)cc2F)c1. The lowest BCUT2D eigenvalue weighted by molar-refractivity contribution is -0.107. The Balaban J connectivity index is 2.35. The molecular formula is C15H12F2NO4S-. The van der Waals surface area contributed by atoms with Gasteiger partial charge in [0.25, 0.3) is 0 Å². The molecule has 0 radical (unpaired) electrons. The second kappa shape index (κ2) is 7.80. The summed E-state index contributed by atoms with van der Waals surface area (Å²) in [5.41, 5.74) is 0.800. The molecular weight excluding hydrogens is 328 g/mol. The van der Waals surface area contributed by atoms with Gasteiger partial charge in [0.15, 0.2) is 17.3 Å². The highest BCUT2D eigenvalue weighted by atomic mass is 32.2. The summed E-state index contributed by atoms with van der Waals surface area (Å²) in [7, 11) is 0. The Hall–Kier alpha value is -2.32. The Kier molecular flexibility index (Phi) is 5.78. The molecule has 0 amide bonds. The number of nitrogens with one attached hydrogen (secondary N) is 1. The van der Waals surface area contributed by atoms with Crippen molar-refractivity contribution in [3.63, 3.8) is 0 Å². The molecule has 8 heteroatoms. The van der Waals surface area contributed by atoms with Gasteiger partial charge in [0.05, 0.1) is 5.69 Å². The van der Waals surface area contributed by atoms with E-state index in [9.17, 15) is 22.3 Å². The third-order valence-electron chi connectivity index (χ3n) is 2.90. The topological polar surface area (TPSA) is 78.5 Å². The molecule has 2 rings (SSSR count). The molecule has 0 saturated heterocycles. The van der Waals surface area contributed by atoms with E-state index in [1.165, 1.54) is 12.1 Å². The van der Waals surface area contributed by atoms with Crippen LogP contribution >= 0.6 is 0 Å². The summed E-state index contributed by atoms with van der Waals surface area (Å²) in [5.74, 6) is -1.88. The van der Waals surface area contributed by atoms with E-state index in [0.717, 1.165) is 18.4 Å². The molecule has 0 spiro atoms. The van der Waals surface area contributed by atoms with Crippen LogP contribution in [0.5, 0.6) is 11.5 Å². The van der Waals surface area contributed by atoms with Crippen LogP contribution in [0.1, 0.15) is 12.0 Å². The van der Waals surface area contributed by atoms with E-state index in [-0.39, 0.29) is 23.6 Å². The molecule has 2 aromatic carbocycles. The van der Waals surface area contributed by atoms with E-state index in [2.05, 4.69) is 4.72 Å². The van der Waals surface area contributed by atoms with Gasteiger partial charge in [0, 0.05) is 23.8 Å². The molecule has 2 aromatic rings. The Bertz CT molecular complexity index is 739. The smallest absolute Gasteiger partial charge is 0.168 e. The first kappa shape index (κ1) is 17.0. The van der Waals surface area contributed by atoms with E-state index < -0.39 is 22.9 Å². The lowest BCUT2D eigenvalue weighted by atomic mass is 10.1. The van der Waals surface area contributed by atoms with Crippen molar-refractivity contribution in [1.29, 1.82) is 0 Å². The summed E-state index contributed by atoms with van der Waals surface area (Å²) < 4.78 is 55.7. The van der Waals surface area contributed by atoms with Crippen LogP contribution in [0.2, 0.25) is 0 Å². The molecule has 0 saturated carbocycles. The highest BCUT2D eigenvalue weighted by Gasteiger charge is 2.11. The van der Waals surface area contributed by atoms with Crippen LogP contribution in [0.4, 0.5) is 14.5 Å². The van der Waals surface area contributed by atoms with Crippen molar-refractivity contribution in [2.75, 3.05) is 4.72 Å². The van der Waals surface area contributed by atoms with Crippen LogP contribution in [-0.2, 0) is 22.5 Å². The van der Waals surface area contributed by atoms with Gasteiger partial charge in [-0.05, 0) is 36.2 Å². The van der Waals surface area contributed by atoms with Crippen molar-refractivity contribution in [2.45, 2.75) is 12.8 Å². The molecule has 5 nitrogen and oxygen atoms in total. The molecule has 0 heterocycles. The van der Waals surface area contributed by atoms with Crippen LogP contribution in [0.15, 0.2) is 36.4 Å². The van der Waals surface area contributed by atoms with Gasteiger partial charge < -0.3 is 18.8 Å². The molecule has 122 valence electrons. The summed E-state index contributed by atoms with van der Waals surface area (Å²) in [4.78, 5) is 10.4. The minimum absolute atomic E-state index is 0.0445. The molecule has 1 unspecified atom stereocenters. The Morgan fingerprint density at radius 1 is 1.17 bits per heavy atom. The molecule has 0 fully saturated rings. The molecule has 1 atom stereocenters. The van der Waals surface area contributed by atoms with Crippen LogP contribution in [0, 0.1) is 11.6 Å². The number of halogens is 2. The van der Waals surface area contributed by atoms with Crippen molar-refractivity contribution in [1.82, 2.24) is 0 Å². The summed E-state index contributed by atoms with van der Waals surface area (Å²) in [6.45, 7) is 0. The Morgan fingerprint density at radius 3 is 2.61 bits per heavy atom. The third-order valence-corrected chi connectivity index (χ3v) is 3.29. The fourth-order valence-corrected chi connectivity index (χ4v) is 2.23. The normalized spacial score (nSPS) is 11.8. The van der Waals surface area contributed by atoms with Crippen LogP contribution in [-0.4, -0.2) is 15.0 Å². The maximum atomic E-state index is 13.7.